The van der Waals surface area contributed by atoms with Gasteiger partial charge in [-0.2, -0.15) is 0 Å². The fraction of sp³-hybridized carbons (Fsp3) is 0.273. The number of hydrogen-bond acceptors (Lipinski definition) is 5. The number of carbonyl (C=O) groups excluding carboxylic acids is 1. The molecule has 1 N–H and O–H groups in total. The molecule has 1 aromatic heterocycles. The molecular formula is C22H22N2O3S. The predicted octanol–water partition coefficient (Wildman–Crippen LogP) is 4.89. The Balaban J connectivity index is 1.58. The van der Waals surface area contributed by atoms with Gasteiger partial charge in [-0.25, -0.2) is 4.98 Å². The van der Waals surface area contributed by atoms with Crippen LogP contribution in [-0.4, -0.2) is 25.1 Å². The average Bonchev–Trinajstić information content (AvgIpc) is 3.15. The van der Waals surface area contributed by atoms with Crippen molar-refractivity contribution in [3.05, 3.63) is 59.5 Å². The second-order valence-electron chi connectivity index (χ2n) is 6.86. The SMILES string of the molecule is COc1ccc(OC)c(-c2csc(NC(=O)C3(c4ccccc4)CCC3)n2)c1. The lowest BCUT2D eigenvalue weighted by Gasteiger charge is -2.40. The number of nitrogens with zero attached hydrogens (tertiary/aromatic N) is 1. The van der Waals surface area contributed by atoms with E-state index in [2.05, 4.69) is 10.3 Å². The van der Waals surface area contributed by atoms with Crippen molar-refractivity contribution < 1.29 is 14.3 Å². The topological polar surface area (TPSA) is 60.5 Å². The summed E-state index contributed by atoms with van der Waals surface area (Å²) in [5.74, 6) is 1.46. The van der Waals surface area contributed by atoms with E-state index in [0.717, 1.165) is 41.8 Å². The second kappa shape index (κ2) is 7.64. The highest BCUT2D eigenvalue weighted by molar-refractivity contribution is 7.14. The molecule has 1 amide bonds. The third kappa shape index (κ3) is 3.24. The zero-order chi connectivity index (χ0) is 19.6. The van der Waals surface area contributed by atoms with Crippen LogP contribution in [0.5, 0.6) is 11.5 Å². The van der Waals surface area contributed by atoms with E-state index in [0.29, 0.717) is 10.9 Å². The summed E-state index contributed by atoms with van der Waals surface area (Å²) in [6.07, 6.45) is 2.79. The summed E-state index contributed by atoms with van der Waals surface area (Å²) < 4.78 is 10.8. The van der Waals surface area contributed by atoms with Crippen LogP contribution in [0.2, 0.25) is 0 Å². The van der Waals surface area contributed by atoms with Crippen LogP contribution in [0.15, 0.2) is 53.9 Å². The third-order valence-corrected chi connectivity index (χ3v) is 6.13. The summed E-state index contributed by atoms with van der Waals surface area (Å²) in [6, 6.07) is 15.6. The minimum Gasteiger partial charge on any atom is -0.497 e. The molecule has 0 aliphatic heterocycles. The Labute approximate surface area is 168 Å². The zero-order valence-corrected chi connectivity index (χ0v) is 16.7. The van der Waals surface area contributed by atoms with E-state index in [1.165, 1.54) is 11.3 Å². The fourth-order valence-corrected chi connectivity index (χ4v) is 4.33. The number of rotatable bonds is 6. The number of aromatic nitrogens is 1. The molecule has 6 heteroatoms. The smallest absolute Gasteiger partial charge is 0.236 e. The van der Waals surface area contributed by atoms with E-state index >= 15 is 0 Å². The first kappa shape index (κ1) is 18.5. The van der Waals surface area contributed by atoms with E-state index in [1.807, 2.05) is 53.9 Å². The molecule has 1 saturated carbocycles. The van der Waals surface area contributed by atoms with Crippen LogP contribution in [0.3, 0.4) is 0 Å². The van der Waals surface area contributed by atoms with Gasteiger partial charge >= 0.3 is 0 Å². The quantitative estimate of drug-likeness (QED) is 0.647. The van der Waals surface area contributed by atoms with Crippen molar-refractivity contribution in [1.29, 1.82) is 0 Å². The Morgan fingerprint density at radius 3 is 2.54 bits per heavy atom. The maximum Gasteiger partial charge on any atom is 0.236 e. The summed E-state index contributed by atoms with van der Waals surface area (Å²) in [6.45, 7) is 0. The largest absolute Gasteiger partial charge is 0.497 e. The summed E-state index contributed by atoms with van der Waals surface area (Å²) in [5.41, 5.74) is 2.21. The molecule has 0 saturated heterocycles. The standard InChI is InChI=1S/C22H22N2O3S/c1-26-16-9-10-19(27-2)17(13-16)18-14-28-21(23-18)24-20(25)22(11-6-12-22)15-7-4-3-5-8-15/h3-5,7-10,13-14H,6,11-12H2,1-2H3,(H,23,24,25). The molecule has 1 fully saturated rings. The zero-order valence-electron chi connectivity index (χ0n) is 15.9. The van der Waals surface area contributed by atoms with Gasteiger partial charge in [0.25, 0.3) is 0 Å². The third-order valence-electron chi connectivity index (χ3n) is 5.38. The van der Waals surface area contributed by atoms with Gasteiger partial charge in [0.1, 0.15) is 11.5 Å². The summed E-state index contributed by atoms with van der Waals surface area (Å²) in [7, 11) is 3.25. The van der Waals surface area contributed by atoms with Crippen molar-refractivity contribution in [2.75, 3.05) is 19.5 Å². The monoisotopic (exact) mass is 394 g/mol. The van der Waals surface area contributed by atoms with Gasteiger partial charge in [-0.1, -0.05) is 36.8 Å². The molecule has 0 spiro atoms. The van der Waals surface area contributed by atoms with Gasteiger partial charge in [0.2, 0.25) is 5.91 Å². The van der Waals surface area contributed by atoms with Crippen LogP contribution in [0.4, 0.5) is 5.13 Å². The lowest BCUT2D eigenvalue weighted by Crippen LogP contribution is -2.45. The van der Waals surface area contributed by atoms with Crippen LogP contribution in [0.1, 0.15) is 24.8 Å². The first-order valence-corrected chi connectivity index (χ1v) is 10.1. The van der Waals surface area contributed by atoms with E-state index in [4.69, 9.17) is 9.47 Å². The van der Waals surface area contributed by atoms with Crippen molar-refractivity contribution >= 4 is 22.4 Å². The Kier molecular flexibility index (Phi) is 5.05. The number of ether oxygens (including phenoxy) is 2. The molecule has 3 aromatic rings. The van der Waals surface area contributed by atoms with Gasteiger partial charge in [-0.3, -0.25) is 4.79 Å². The Morgan fingerprint density at radius 2 is 1.89 bits per heavy atom. The highest BCUT2D eigenvalue weighted by Gasteiger charge is 2.45. The van der Waals surface area contributed by atoms with Crippen LogP contribution >= 0.6 is 11.3 Å². The fourth-order valence-electron chi connectivity index (χ4n) is 3.62. The molecule has 0 unspecified atom stereocenters. The normalized spacial score (nSPS) is 14.8. The lowest BCUT2D eigenvalue weighted by molar-refractivity contribution is -0.124. The molecule has 28 heavy (non-hydrogen) atoms. The molecule has 5 nitrogen and oxygen atoms in total. The molecule has 0 atom stereocenters. The van der Waals surface area contributed by atoms with E-state index in [-0.39, 0.29) is 5.91 Å². The number of amides is 1. The highest BCUT2D eigenvalue weighted by atomic mass is 32.1. The molecule has 1 aliphatic rings. The molecule has 0 radical (unpaired) electrons. The minimum atomic E-state index is -0.444. The second-order valence-corrected chi connectivity index (χ2v) is 7.72. The van der Waals surface area contributed by atoms with Crippen molar-refractivity contribution in [3.63, 3.8) is 0 Å². The van der Waals surface area contributed by atoms with Gasteiger partial charge in [0.05, 0.1) is 25.3 Å². The average molecular weight is 394 g/mol. The summed E-state index contributed by atoms with van der Waals surface area (Å²) in [4.78, 5) is 17.7. The van der Waals surface area contributed by atoms with E-state index < -0.39 is 5.41 Å². The summed E-state index contributed by atoms with van der Waals surface area (Å²) >= 11 is 1.41. The van der Waals surface area contributed by atoms with Crippen molar-refractivity contribution in [3.8, 4) is 22.8 Å². The molecular weight excluding hydrogens is 372 g/mol. The maximum atomic E-state index is 13.1. The van der Waals surface area contributed by atoms with Crippen LogP contribution in [0, 0.1) is 0 Å². The highest BCUT2D eigenvalue weighted by Crippen LogP contribution is 2.45. The number of carbonyl (C=O) groups is 1. The summed E-state index contributed by atoms with van der Waals surface area (Å²) in [5, 5.41) is 5.55. The lowest BCUT2D eigenvalue weighted by atomic mass is 9.64. The van der Waals surface area contributed by atoms with Crippen LogP contribution in [-0.2, 0) is 10.2 Å². The van der Waals surface area contributed by atoms with Gasteiger partial charge < -0.3 is 14.8 Å². The number of benzene rings is 2. The molecule has 1 heterocycles. The molecule has 144 valence electrons. The maximum absolute atomic E-state index is 13.1. The van der Waals surface area contributed by atoms with Crippen LogP contribution < -0.4 is 14.8 Å². The number of hydrogen-bond donors (Lipinski definition) is 1. The van der Waals surface area contributed by atoms with Gasteiger partial charge in [0, 0.05) is 10.9 Å². The Hall–Kier alpha value is -2.86. The molecule has 1 aliphatic carbocycles. The number of thiazole rings is 1. The van der Waals surface area contributed by atoms with Gasteiger partial charge in [0.15, 0.2) is 5.13 Å². The number of methoxy groups -OCH3 is 2. The van der Waals surface area contributed by atoms with Gasteiger partial charge in [-0.15, -0.1) is 11.3 Å². The number of nitrogens with one attached hydrogen (secondary N) is 1. The molecule has 4 rings (SSSR count). The minimum absolute atomic E-state index is 0.0171. The van der Waals surface area contributed by atoms with Crippen molar-refractivity contribution in [2.24, 2.45) is 0 Å². The Bertz CT molecular complexity index is 980. The predicted molar refractivity (Wildman–Crippen MR) is 111 cm³/mol. The first-order chi connectivity index (χ1) is 13.7. The van der Waals surface area contributed by atoms with E-state index in [9.17, 15) is 4.79 Å². The first-order valence-electron chi connectivity index (χ1n) is 9.21. The Morgan fingerprint density at radius 1 is 1.11 bits per heavy atom. The molecule has 0 bridgehead atoms. The van der Waals surface area contributed by atoms with Gasteiger partial charge in [-0.05, 0) is 36.6 Å². The van der Waals surface area contributed by atoms with Crippen molar-refractivity contribution in [1.82, 2.24) is 4.98 Å². The van der Waals surface area contributed by atoms with E-state index in [1.54, 1.807) is 14.2 Å². The van der Waals surface area contributed by atoms with Crippen LogP contribution in [0.25, 0.3) is 11.3 Å². The number of anilines is 1. The van der Waals surface area contributed by atoms with Crippen molar-refractivity contribution in [2.45, 2.75) is 24.7 Å². The molecule has 2 aromatic carbocycles.